The Hall–Kier alpha value is -0.160. The van der Waals surface area contributed by atoms with Crippen molar-refractivity contribution in [1.82, 2.24) is 0 Å². The number of nitrogens with two attached hydrogens (primary N) is 1. The van der Waals surface area contributed by atoms with Gasteiger partial charge in [0.15, 0.2) is 0 Å². The zero-order chi connectivity index (χ0) is 6.69. The van der Waals surface area contributed by atoms with E-state index in [0.29, 0.717) is 6.54 Å². The molecule has 0 bridgehead atoms. The van der Waals surface area contributed by atoms with Crippen molar-refractivity contribution in [1.29, 1.82) is 0 Å². The maximum atomic E-state index is 12.3. The summed E-state index contributed by atoms with van der Waals surface area (Å²) in [5.41, 5.74) is 6.08. The summed E-state index contributed by atoms with van der Waals surface area (Å²) in [6.07, 6.45) is 0. The maximum absolute atomic E-state index is 12.3. The number of hydrogen-bond donors (Lipinski definition) is 1. The topological polar surface area (TPSA) is 26.0 Å². The highest BCUT2D eigenvalue weighted by Gasteiger charge is 1.89. The van der Waals surface area contributed by atoms with Gasteiger partial charge < -0.3 is 5.73 Å². The molecular formula is C7H9FIN. The molecule has 10 heavy (non-hydrogen) atoms. The first-order chi connectivity index (χ1) is 4.33. The van der Waals surface area contributed by atoms with Gasteiger partial charge in [0.05, 0.1) is 0 Å². The smallest absolute Gasteiger partial charge is 0.123 e. The van der Waals surface area contributed by atoms with Gasteiger partial charge in [0, 0.05) is 6.54 Å². The molecule has 1 aromatic carbocycles. The van der Waals surface area contributed by atoms with Crippen LogP contribution in [0.1, 0.15) is 5.56 Å². The van der Waals surface area contributed by atoms with E-state index in [1.54, 1.807) is 12.1 Å². The van der Waals surface area contributed by atoms with Crippen LogP contribution in [0.4, 0.5) is 4.39 Å². The van der Waals surface area contributed by atoms with Gasteiger partial charge in [0.25, 0.3) is 0 Å². The van der Waals surface area contributed by atoms with Crippen LogP contribution in [-0.4, -0.2) is 0 Å². The first-order valence-electron chi connectivity index (χ1n) is 2.77. The lowest BCUT2D eigenvalue weighted by Crippen LogP contribution is -1.95. The largest absolute Gasteiger partial charge is 0.326 e. The average Bonchev–Trinajstić information content (AvgIpc) is 1.88. The summed E-state index contributed by atoms with van der Waals surface area (Å²) in [6.45, 7) is 0.401. The number of halogens is 2. The van der Waals surface area contributed by atoms with Crippen LogP contribution in [0.25, 0.3) is 0 Å². The Labute approximate surface area is 76.4 Å². The van der Waals surface area contributed by atoms with Gasteiger partial charge in [-0.05, 0) is 17.7 Å². The van der Waals surface area contributed by atoms with Gasteiger partial charge in [-0.2, -0.15) is 0 Å². The minimum absolute atomic E-state index is 0. The molecule has 0 atom stereocenters. The number of hydrogen-bond acceptors (Lipinski definition) is 1. The van der Waals surface area contributed by atoms with E-state index in [2.05, 4.69) is 0 Å². The Bertz CT molecular complexity index is 203. The van der Waals surface area contributed by atoms with E-state index in [-0.39, 0.29) is 29.8 Å². The van der Waals surface area contributed by atoms with Crippen molar-refractivity contribution in [3.8, 4) is 0 Å². The van der Waals surface area contributed by atoms with E-state index in [4.69, 9.17) is 5.73 Å². The molecule has 56 valence electrons. The normalized spacial score (nSPS) is 8.60. The SMILES string of the molecule is I.NCc1cccc(F)c1. The quantitative estimate of drug-likeness (QED) is 0.760. The van der Waals surface area contributed by atoms with Crippen LogP contribution in [-0.2, 0) is 6.54 Å². The minimum Gasteiger partial charge on any atom is -0.326 e. The van der Waals surface area contributed by atoms with E-state index in [9.17, 15) is 4.39 Å². The Morgan fingerprint density at radius 2 is 2.10 bits per heavy atom. The van der Waals surface area contributed by atoms with Crippen molar-refractivity contribution in [2.75, 3.05) is 0 Å². The number of benzene rings is 1. The van der Waals surface area contributed by atoms with Crippen LogP contribution in [0.3, 0.4) is 0 Å². The molecule has 0 saturated carbocycles. The molecule has 0 amide bonds. The van der Waals surface area contributed by atoms with Gasteiger partial charge in [-0.1, -0.05) is 12.1 Å². The zero-order valence-electron chi connectivity index (χ0n) is 5.38. The van der Waals surface area contributed by atoms with Crippen LogP contribution >= 0.6 is 24.0 Å². The van der Waals surface area contributed by atoms with Gasteiger partial charge in [-0.3, -0.25) is 0 Å². The van der Waals surface area contributed by atoms with Crippen LogP contribution in [0.5, 0.6) is 0 Å². The maximum Gasteiger partial charge on any atom is 0.123 e. The van der Waals surface area contributed by atoms with Gasteiger partial charge in [-0.15, -0.1) is 24.0 Å². The fraction of sp³-hybridized carbons (Fsp3) is 0.143. The lowest BCUT2D eigenvalue weighted by Gasteiger charge is -1.92. The third kappa shape index (κ3) is 2.62. The highest BCUT2D eigenvalue weighted by Crippen LogP contribution is 2.00. The summed E-state index contributed by atoms with van der Waals surface area (Å²) >= 11 is 0. The summed E-state index contributed by atoms with van der Waals surface area (Å²) in [4.78, 5) is 0. The molecular weight excluding hydrogens is 244 g/mol. The summed E-state index contributed by atoms with van der Waals surface area (Å²) in [5, 5.41) is 0. The monoisotopic (exact) mass is 253 g/mol. The van der Waals surface area contributed by atoms with Crippen molar-refractivity contribution < 1.29 is 4.39 Å². The predicted octanol–water partition coefficient (Wildman–Crippen LogP) is 1.90. The van der Waals surface area contributed by atoms with Gasteiger partial charge >= 0.3 is 0 Å². The van der Waals surface area contributed by atoms with Crippen molar-refractivity contribution >= 4 is 24.0 Å². The van der Waals surface area contributed by atoms with Crippen LogP contribution in [0.15, 0.2) is 24.3 Å². The molecule has 1 nitrogen and oxygen atoms in total. The van der Waals surface area contributed by atoms with Crippen molar-refractivity contribution in [3.63, 3.8) is 0 Å². The van der Waals surface area contributed by atoms with Crippen LogP contribution in [0.2, 0.25) is 0 Å². The van der Waals surface area contributed by atoms with Crippen molar-refractivity contribution in [2.45, 2.75) is 6.54 Å². The molecule has 0 heterocycles. The summed E-state index contributed by atoms with van der Waals surface area (Å²) < 4.78 is 12.3. The van der Waals surface area contributed by atoms with Crippen molar-refractivity contribution in [2.24, 2.45) is 5.73 Å². The Morgan fingerprint density at radius 3 is 2.50 bits per heavy atom. The first-order valence-corrected chi connectivity index (χ1v) is 2.77. The third-order valence-electron chi connectivity index (χ3n) is 1.12. The molecule has 0 aliphatic rings. The molecule has 0 aliphatic heterocycles. The lowest BCUT2D eigenvalue weighted by molar-refractivity contribution is 0.625. The predicted molar refractivity (Wildman–Crippen MR) is 49.7 cm³/mol. The second kappa shape index (κ2) is 4.62. The van der Waals surface area contributed by atoms with Gasteiger partial charge in [0.1, 0.15) is 5.82 Å². The zero-order valence-corrected chi connectivity index (χ0v) is 7.71. The molecule has 0 aliphatic carbocycles. The van der Waals surface area contributed by atoms with E-state index >= 15 is 0 Å². The second-order valence-corrected chi connectivity index (χ2v) is 1.83. The lowest BCUT2D eigenvalue weighted by atomic mass is 10.2. The molecule has 1 aromatic rings. The average molecular weight is 253 g/mol. The van der Waals surface area contributed by atoms with E-state index in [1.807, 2.05) is 0 Å². The molecule has 2 N–H and O–H groups in total. The van der Waals surface area contributed by atoms with Gasteiger partial charge in [0.2, 0.25) is 0 Å². The van der Waals surface area contributed by atoms with Crippen LogP contribution in [0, 0.1) is 5.82 Å². The molecule has 0 unspecified atom stereocenters. The standard InChI is InChI=1S/C7H8FN.HI/c8-7-3-1-2-6(4-7)5-9;/h1-4H,5,9H2;1H. The Kier molecular flexibility index (Phi) is 4.55. The molecule has 0 aromatic heterocycles. The van der Waals surface area contributed by atoms with E-state index in [0.717, 1.165) is 5.56 Å². The first kappa shape index (κ1) is 9.84. The van der Waals surface area contributed by atoms with Gasteiger partial charge in [-0.25, -0.2) is 4.39 Å². The second-order valence-electron chi connectivity index (χ2n) is 1.83. The number of rotatable bonds is 1. The third-order valence-corrected chi connectivity index (χ3v) is 1.12. The minimum atomic E-state index is -0.224. The fourth-order valence-electron chi connectivity index (χ4n) is 0.664. The highest BCUT2D eigenvalue weighted by atomic mass is 127. The highest BCUT2D eigenvalue weighted by molar-refractivity contribution is 14.0. The van der Waals surface area contributed by atoms with Crippen molar-refractivity contribution in [3.05, 3.63) is 35.6 Å². The Morgan fingerprint density at radius 1 is 1.40 bits per heavy atom. The summed E-state index contributed by atoms with van der Waals surface area (Å²) in [5.74, 6) is -0.224. The fourth-order valence-corrected chi connectivity index (χ4v) is 0.664. The van der Waals surface area contributed by atoms with Crippen LogP contribution < -0.4 is 5.73 Å². The van der Waals surface area contributed by atoms with E-state index in [1.165, 1.54) is 12.1 Å². The van der Waals surface area contributed by atoms with E-state index < -0.39 is 0 Å². The summed E-state index contributed by atoms with van der Waals surface area (Å²) in [7, 11) is 0. The Balaban J connectivity index is 0.000000810. The molecule has 0 fully saturated rings. The molecule has 3 heteroatoms. The molecule has 0 saturated heterocycles. The molecule has 1 rings (SSSR count). The summed E-state index contributed by atoms with van der Waals surface area (Å²) in [6, 6.07) is 6.28. The molecule has 0 spiro atoms. The molecule has 0 radical (unpaired) electrons.